The van der Waals surface area contributed by atoms with Crippen molar-refractivity contribution in [2.24, 2.45) is 0 Å². The Kier molecular flexibility index (Phi) is 7.42. The topological polar surface area (TPSA) is 44.1 Å². The number of carbonyl (C=O) groups excluding carboxylic acids is 1. The lowest BCUT2D eigenvalue weighted by atomic mass is 10.1. The summed E-state index contributed by atoms with van der Waals surface area (Å²) in [7, 11) is 0. The summed E-state index contributed by atoms with van der Waals surface area (Å²) in [5, 5.41) is 8.37. The Labute approximate surface area is 122 Å². The molecule has 20 heavy (non-hydrogen) atoms. The van der Waals surface area contributed by atoms with E-state index in [9.17, 15) is 4.79 Å². The number of rotatable bonds is 2. The van der Waals surface area contributed by atoms with Gasteiger partial charge in [-0.2, -0.15) is 5.26 Å². The van der Waals surface area contributed by atoms with Gasteiger partial charge < -0.3 is 4.90 Å². The second-order valence-electron chi connectivity index (χ2n) is 5.18. The first-order chi connectivity index (χ1) is 9.65. The molecule has 0 saturated carbocycles. The van der Waals surface area contributed by atoms with Crippen molar-refractivity contribution >= 4 is 5.91 Å². The maximum Gasteiger partial charge on any atom is 0.222 e. The fraction of sp³-hybridized carbons (Fsp3) is 0.529. The molecule has 1 heterocycles. The van der Waals surface area contributed by atoms with Gasteiger partial charge in [-0.3, -0.25) is 4.79 Å². The van der Waals surface area contributed by atoms with Crippen molar-refractivity contribution in [2.45, 2.75) is 46.0 Å². The molecule has 1 aliphatic rings. The minimum Gasteiger partial charge on any atom is -0.342 e. The van der Waals surface area contributed by atoms with E-state index in [1.54, 1.807) is 0 Å². The predicted octanol–water partition coefficient (Wildman–Crippen LogP) is 3.61. The number of aryl methyl sites for hydroxylation is 2. The number of hydrogen-bond acceptors (Lipinski definition) is 2. The van der Waals surface area contributed by atoms with Crippen LogP contribution in [-0.4, -0.2) is 23.9 Å². The van der Waals surface area contributed by atoms with Crippen LogP contribution in [0.3, 0.4) is 0 Å². The molecular formula is C17H24N2O. The average molecular weight is 272 g/mol. The fourth-order valence-corrected chi connectivity index (χ4v) is 2.12. The Morgan fingerprint density at radius 2 is 1.80 bits per heavy atom. The molecule has 0 radical (unpaired) electrons. The summed E-state index contributed by atoms with van der Waals surface area (Å²) in [6.45, 7) is 5.71. The van der Waals surface area contributed by atoms with Gasteiger partial charge in [0.2, 0.25) is 5.91 Å². The van der Waals surface area contributed by atoms with E-state index >= 15 is 0 Å². The summed E-state index contributed by atoms with van der Waals surface area (Å²) < 4.78 is 0. The summed E-state index contributed by atoms with van der Waals surface area (Å²) in [6.07, 6.45) is 4.39. The van der Waals surface area contributed by atoms with E-state index in [1.165, 1.54) is 11.1 Å². The van der Waals surface area contributed by atoms with Gasteiger partial charge in [0, 0.05) is 19.5 Å². The van der Waals surface area contributed by atoms with E-state index in [4.69, 9.17) is 5.26 Å². The summed E-state index contributed by atoms with van der Waals surface area (Å²) in [5.74, 6) is 0.225. The molecule has 1 fully saturated rings. The monoisotopic (exact) mass is 272 g/mol. The molecule has 3 nitrogen and oxygen atoms in total. The standard InChI is InChI=1S/C9H14N2O.C8H10/c10-6-4-8-11-7-3-1-2-5-9(11)12;1-7-5-3-4-6-8(7)2/h1-5,7-8H2;3-6H,1-2H3. The van der Waals surface area contributed by atoms with Crippen molar-refractivity contribution in [1.29, 1.82) is 5.26 Å². The molecule has 0 unspecified atom stereocenters. The first-order valence-corrected chi connectivity index (χ1v) is 7.32. The Balaban J connectivity index is 0.000000217. The second-order valence-corrected chi connectivity index (χ2v) is 5.18. The Bertz CT molecular complexity index is 441. The van der Waals surface area contributed by atoms with E-state index < -0.39 is 0 Å². The molecule has 1 aliphatic heterocycles. The minimum atomic E-state index is 0.225. The highest BCUT2D eigenvalue weighted by Crippen LogP contribution is 2.10. The van der Waals surface area contributed by atoms with Crippen LogP contribution in [0.1, 0.15) is 43.2 Å². The lowest BCUT2D eigenvalue weighted by Crippen LogP contribution is -2.30. The molecular weight excluding hydrogens is 248 g/mol. The Morgan fingerprint density at radius 1 is 1.15 bits per heavy atom. The molecule has 1 saturated heterocycles. The molecule has 0 aliphatic carbocycles. The summed E-state index contributed by atoms with van der Waals surface area (Å²) >= 11 is 0. The lowest BCUT2D eigenvalue weighted by molar-refractivity contribution is -0.130. The Morgan fingerprint density at radius 3 is 2.35 bits per heavy atom. The number of amides is 1. The smallest absolute Gasteiger partial charge is 0.222 e. The van der Waals surface area contributed by atoms with Crippen molar-refractivity contribution in [3.05, 3.63) is 35.4 Å². The van der Waals surface area contributed by atoms with Crippen LogP contribution >= 0.6 is 0 Å². The van der Waals surface area contributed by atoms with Crippen LogP contribution in [0.25, 0.3) is 0 Å². The zero-order valence-electron chi connectivity index (χ0n) is 12.6. The van der Waals surface area contributed by atoms with Crippen LogP contribution in [0.2, 0.25) is 0 Å². The van der Waals surface area contributed by atoms with Gasteiger partial charge in [-0.1, -0.05) is 30.7 Å². The quantitative estimate of drug-likeness (QED) is 0.825. The second kappa shape index (κ2) is 9.14. The third-order valence-electron chi connectivity index (χ3n) is 3.59. The summed E-state index contributed by atoms with van der Waals surface area (Å²) in [6, 6.07) is 10.4. The molecule has 108 valence electrons. The number of nitriles is 1. The highest BCUT2D eigenvalue weighted by atomic mass is 16.2. The van der Waals surface area contributed by atoms with Gasteiger partial charge in [-0.25, -0.2) is 0 Å². The minimum absolute atomic E-state index is 0.225. The van der Waals surface area contributed by atoms with Crippen LogP contribution in [-0.2, 0) is 4.79 Å². The van der Waals surface area contributed by atoms with Gasteiger partial charge in [0.15, 0.2) is 0 Å². The highest BCUT2D eigenvalue weighted by molar-refractivity contribution is 5.76. The third-order valence-corrected chi connectivity index (χ3v) is 3.59. The molecule has 3 heteroatoms. The Hall–Kier alpha value is -1.82. The van der Waals surface area contributed by atoms with Gasteiger partial charge in [0.25, 0.3) is 0 Å². The number of hydrogen-bond donors (Lipinski definition) is 0. The third kappa shape index (κ3) is 5.88. The lowest BCUT2D eigenvalue weighted by Gasteiger charge is -2.18. The SMILES string of the molecule is Cc1ccccc1C.N#CCCN1CCCCCC1=O. The van der Waals surface area contributed by atoms with Crippen molar-refractivity contribution in [3.8, 4) is 6.07 Å². The van der Waals surface area contributed by atoms with Gasteiger partial charge in [0.05, 0.1) is 12.5 Å². The molecule has 1 aromatic carbocycles. The van der Waals surface area contributed by atoms with Crippen LogP contribution in [0.15, 0.2) is 24.3 Å². The van der Waals surface area contributed by atoms with E-state index in [-0.39, 0.29) is 5.91 Å². The number of likely N-dealkylation sites (tertiary alicyclic amines) is 1. The molecule has 0 atom stereocenters. The van der Waals surface area contributed by atoms with Gasteiger partial charge in [0.1, 0.15) is 0 Å². The van der Waals surface area contributed by atoms with E-state index in [1.807, 2.05) is 4.90 Å². The van der Waals surface area contributed by atoms with Crippen molar-refractivity contribution in [3.63, 3.8) is 0 Å². The zero-order valence-corrected chi connectivity index (χ0v) is 12.6. The maximum atomic E-state index is 11.3. The molecule has 1 aromatic rings. The number of benzene rings is 1. The van der Waals surface area contributed by atoms with E-state index in [0.29, 0.717) is 19.4 Å². The zero-order chi connectivity index (χ0) is 14.8. The predicted molar refractivity (Wildman–Crippen MR) is 81.2 cm³/mol. The normalized spacial score (nSPS) is 14.8. The number of nitrogens with zero attached hydrogens (tertiary/aromatic N) is 2. The molecule has 0 spiro atoms. The van der Waals surface area contributed by atoms with Gasteiger partial charge >= 0.3 is 0 Å². The fourth-order valence-electron chi connectivity index (χ4n) is 2.12. The first kappa shape index (κ1) is 16.2. The van der Waals surface area contributed by atoms with Gasteiger partial charge in [-0.05, 0) is 37.8 Å². The van der Waals surface area contributed by atoms with Gasteiger partial charge in [-0.15, -0.1) is 0 Å². The van der Waals surface area contributed by atoms with E-state index in [2.05, 4.69) is 44.2 Å². The van der Waals surface area contributed by atoms with Crippen LogP contribution in [0.4, 0.5) is 0 Å². The molecule has 2 rings (SSSR count). The van der Waals surface area contributed by atoms with Crippen LogP contribution in [0, 0.1) is 25.2 Å². The number of carbonyl (C=O) groups is 1. The molecule has 0 aromatic heterocycles. The molecule has 0 N–H and O–H groups in total. The molecule has 0 bridgehead atoms. The van der Waals surface area contributed by atoms with E-state index in [0.717, 1.165) is 25.8 Å². The first-order valence-electron chi connectivity index (χ1n) is 7.32. The van der Waals surface area contributed by atoms with Crippen molar-refractivity contribution in [2.75, 3.05) is 13.1 Å². The largest absolute Gasteiger partial charge is 0.342 e. The average Bonchev–Trinajstić information content (AvgIpc) is 2.65. The highest BCUT2D eigenvalue weighted by Gasteiger charge is 2.15. The maximum absolute atomic E-state index is 11.3. The van der Waals surface area contributed by atoms with Crippen LogP contribution in [0.5, 0.6) is 0 Å². The summed E-state index contributed by atoms with van der Waals surface area (Å²) in [5.41, 5.74) is 2.74. The van der Waals surface area contributed by atoms with Crippen molar-refractivity contribution < 1.29 is 4.79 Å². The summed E-state index contributed by atoms with van der Waals surface area (Å²) in [4.78, 5) is 13.2. The molecule has 1 amide bonds. The van der Waals surface area contributed by atoms with Crippen molar-refractivity contribution in [1.82, 2.24) is 4.90 Å². The van der Waals surface area contributed by atoms with Crippen LogP contribution < -0.4 is 0 Å².